The highest BCUT2D eigenvalue weighted by atomic mass is 32.1. The number of esters is 1. The van der Waals surface area contributed by atoms with Gasteiger partial charge in [-0.15, -0.1) is 16.4 Å². The van der Waals surface area contributed by atoms with Crippen molar-refractivity contribution < 1.29 is 9.53 Å². The van der Waals surface area contributed by atoms with Crippen molar-refractivity contribution >= 4 is 28.2 Å². The van der Waals surface area contributed by atoms with E-state index in [-0.39, 0.29) is 24.1 Å². The van der Waals surface area contributed by atoms with E-state index >= 15 is 0 Å². The Kier molecular flexibility index (Phi) is 7.72. The average molecular weight is 495 g/mol. The van der Waals surface area contributed by atoms with Crippen molar-refractivity contribution in [3.63, 3.8) is 0 Å². The summed E-state index contributed by atoms with van der Waals surface area (Å²) in [6, 6.07) is 11.8. The first-order valence-electron chi connectivity index (χ1n) is 11.7. The molecular formula is C25H30N6O3S. The van der Waals surface area contributed by atoms with Crippen LogP contribution >= 0.6 is 11.3 Å². The first-order valence-corrected chi connectivity index (χ1v) is 12.5. The second-order valence-electron chi connectivity index (χ2n) is 8.89. The summed E-state index contributed by atoms with van der Waals surface area (Å²) in [5.41, 5.74) is 2.48. The summed E-state index contributed by atoms with van der Waals surface area (Å²) >= 11 is 1.66. The highest BCUT2D eigenvalue weighted by Crippen LogP contribution is 2.31. The molecule has 3 heterocycles. The molecule has 0 unspecified atom stereocenters. The number of thiophene rings is 1. The van der Waals surface area contributed by atoms with Crippen LogP contribution in [0.5, 0.6) is 0 Å². The molecule has 0 aliphatic heterocycles. The largest absolute Gasteiger partial charge is 0.465 e. The fourth-order valence-electron chi connectivity index (χ4n) is 4.31. The van der Waals surface area contributed by atoms with Gasteiger partial charge in [-0.3, -0.25) is 14.5 Å². The van der Waals surface area contributed by atoms with E-state index in [1.165, 1.54) is 4.68 Å². The summed E-state index contributed by atoms with van der Waals surface area (Å²) in [6.45, 7) is 9.20. The second-order valence-corrected chi connectivity index (χ2v) is 9.92. The lowest BCUT2D eigenvalue weighted by Crippen LogP contribution is -2.35. The Balaban J connectivity index is 1.74. The van der Waals surface area contributed by atoms with E-state index in [4.69, 9.17) is 4.74 Å². The zero-order valence-electron chi connectivity index (χ0n) is 20.4. The van der Waals surface area contributed by atoms with Crippen LogP contribution in [0, 0.1) is 12.8 Å². The Bertz CT molecular complexity index is 1350. The van der Waals surface area contributed by atoms with E-state index < -0.39 is 5.97 Å². The molecule has 3 aromatic heterocycles. The summed E-state index contributed by atoms with van der Waals surface area (Å²) in [7, 11) is 0. The molecule has 0 saturated heterocycles. The maximum Gasteiger partial charge on any atom is 0.327 e. The molecule has 184 valence electrons. The van der Waals surface area contributed by atoms with Crippen LogP contribution in [0.15, 0.2) is 46.6 Å². The predicted molar refractivity (Wildman–Crippen MR) is 135 cm³/mol. The van der Waals surface area contributed by atoms with Crippen LogP contribution in [0.1, 0.15) is 48.6 Å². The normalized spacial score (nSPS) is 12.5. The molecule has 9 nitrogen and oxygen atoms in total. The SMILES string of the molecule is CCOC(=O)Cn1nnnc1[C@H](C(C)C)N(Cc1cccs1)Cc1cc2cc(C)ccc2[nH]c1=O. The summed E-state index contributed by atoms with van der Waals surface area (Å²) in [4.78, 5) is 31.6. The molecule has 10 heteroatoms. The second kappa shape index (κ2) is 10.9. The molecule has 0 fully saturated rings. The fraction of sp³-hybridized carbons (Fsp3) is 0.400. The van der Waals surface area contributed by atoms with Crippen molar-refractivity contribution in [3.8, 4) is 0 Å². The van der Waals surface area contributed by atoms with Crippen molar-refractivity contribution in [2.24, 2.45) is 5.92 Å². The number of rotatable bonds is 10. The van der Waals surface area contributed by atoms with E-state index in [9.17, 15) is 9.59 Å². The van der Waals surface area contributed by atoms with Gasteiger partial charge in [-0.25, -0.2) is 4.68 Å². The molecule has 1 atom stereocenters. The van der Waals surface area contributed by atoms with Gasteiger partial charge in [0.25, 0.3) is 5.56 Å². The van der Waals surface area contributed by atoms with Crippen molar-refractivity contribution in [3.05, 3.63) is 74.0 Å². The maximum absolute atomic E-state index is 13.0. The fourth-order valence-corrected chi connectivity index (χ4v) is 5.04. The molecule has 0 amide bonds. The smallest absolute Gasteiger partial charge is 0.327 e. The number of aromatic nitrogens is 5. The molecule has 35 heavy (non-hydrogen) atoms. The number of ether oxygens (including phenoxy) is 1. The quantitative estimate of drug-likeness (QED) is 0.334. The molecule has 0 aliphatic carbocycles. The van der Waals surface area contributed by atoms with E-state index in [0.29, 0.717) is 31.1 Å². The van der Waals surface area contributed by atoms with Crippen LogP contribution < -0.4 is 5.56 Å². The number of nitrogens with zero attached hydrogens (tertiary/aromatic N) is 5. The van der Waals surface area contributed by atoms with Crippen LogP contribution in [-0.4, -0.2) is 42.7 Å². The number of aromatic amines is 1. The first-order chi connectivity index (χ1) is 16.9. The van der Waals surface area contributed by atoms with E-state index in [0.717, 1.165) is 21.3 Å². The molecule has 1 N–H and O–H groups in total. The summed E-state index contributed by atoms with van der Waals surface area (Å²) < 4.78 is 6.60. The zero-order valence-corrected chi connectivity index (χ0v) is 21.2. The molecular weight excluding hydrogens is 464 g/mol. The van der Waals surface area contributed by atoms with Crippen molar-refractivity contribution in [2.45, 2.75) is 53.4 Å². The minimum atomic E-state index is -0.394. The van der Waals surface area contributed by atoms with Crippen molar-refractivity contribution in [1.29, 1.82) is 0 Å². The van der Waals surface area contributed by atoms with Gasteiger partial charge in [0.2, 0.25) is 0 Å². The number of tetrazole rings is 1. The van der Waals surface area contributed by atoms with E-state index in [1.807, 2.05) is 36.6 Å². The van der Waals surface area contributed by atoms with Gasteiger partial charge in [0.05, 0.1) is 12.6 Å². The number of pyridine rings is 1. The topological polar surface area (TPSA) is 106 Å². The van der Waals surface area contributed by atoms with Crippen LogP contribution in [0.4, 0.5) is 0 Å². The van der Waals surface area contributed by atoms with Crippen LogP contribution in [0.2, 0.25) is 0 Å². The summed E-state index contributed by atoms with van der Waals surface area (Å²) in [5.74, 6) is 0.274. The average Bonchev–Trinajstić information content (AvgIpc) is 3.47. The lowest BCUT2D eigenvalue weighted by Gasteiger charge is -2.33. The standard InChI is InChI=1S/C25H30N6O3S/c1-5-34-22(32)15-31-24(27-28-29-31)23(16(2)3)30(14-20-7-6-10-35-20)13-19-12-18-11-17(4)8-9-21(18)26-25(19)33/h6-12,16,23H,5,13-15H2,1-4H3,(H,26,33)/t23-/m0/s1. The highest BCUT2D eigenvalue weighted by molar-refractivity contribution is 7.09. The number of aryl methyl sites for hydroxylation is 1. The number of carbonyl (C=O) groups is 1. The molecule has 1 aromatic carbocycles. The molecule has 0 saturated carbocycles. The third-order valence-corrected chi connectivity index (χ3v) is 6.68. The van der Waals surface area contributed by atoms with Crippen LogP contribution in [-0.2, 0) is 29.2 Å². The Morgan fingerprint density at radius 1 is 1.23 bits per heavy atom. The number of carbonyl (C=O) groups excluding carboxylic acids is 1. The van der Waals surface area contributed by atoms with Gasteiger partial charge in [0.15, 0.2) is 5.82 Å². The van der Waals surface area contributed by atoms with Gasteiger partial charge in [0, 0.05) is 29.0 Å². The Labute approximate surface area is 207 Å². The van der Waals surface area contributed by atoms with E-state index in [2.05, 4.69) is 51.4 Å². The summed E-state index contributed by atoms with van der Waals surface area (Å²) in [6.07, 6.45) is 0. The molecule has 4 aromatic rings. The Morgan fingerprint density at radius 3 is 2.77 bits per heavy atom. The number of benzene rings is 1. The van der Waals surface area contributed by atoms with Crippen LogP contribution in [0.25, 0.3) is 10.9 Å². The highest BCUT2D eigenvalue weighted by Gasteiger charge is 2.31. The Morgan fingerprint density at radius 2 is 2.06 bits per heavy atom. The number of hydrogen-bond donors (Lipinski definition) is 1. The zero-order chi connectivity index (χ0) is 24.9. The van der Waals surface area contributed by atoms with Gasteiger partial charge in [-0.1, -0.05) is 31.5 Å². The number of fused-ring (bicyclic) bond motifs is 1. The van der Waals surface area contributed by atoms with Gasteiger partial charge in [-0.2, -0.15) is 0 Å². The third kappa shape index (κ3) is 5.83. The molecule has 0 spiro atoms. The van der Waals surface area contributed by atoms with Gasteiger partial charge < -0.3 is 9.72 Å². The minimum Gasteiger partial charge on any atom is -0.465 e. The van der Waals surface area contributed by atoms with Gasteiger partial charge in [-0.05, 0) is 65.2 Å². The first kappa shape index (κ1) is 24.7. The number of hydrogen-bond acceptors (Lipinski definition) is 8. The molecule has 0 radical (unpaired) electrons. The third-order valence-electron chi connectivity index (χ3n) is 5.82. The Hall–Kier alpha value is -3.37. The predicted octanol–water partition coefficient (Wildman–Crippen LogP) is 3.85. The maximum atomic E-state index is 13.0. The molecule has 0 aliphatic rings. The van der Waals surface area contributed by atoms with Crippen molar-refractivity contribution in [1.82, 2.24) is 30.1 Å². The lowest BCUT2D eigenvalue weighted by atomic mass is 10.00. The molecule has 4 rings (SSSR count). The minimum absolute atomic E-state index is 0.0674. The number of H-pyrrole nitrogens is 1. The van der Waals surface area contributed by atoms with Gasteiger partial charge in [0.1, 0.15) is 6.54 Å². The summed E-state index contributed by atoms with van der Waals surface area (Å²) in [5, 5.41) is 15.2. The van der Waals surface area contributed by atoms with Crippen LogP contribution in [0.3, 0.4) is 0 Å². The van der Waals surface area contributed by atoms with E-state index in [1.54, 1.807) is 18.3 Å². The van der Waals surface area contributed by atoms with Crippen molar-refractivity contribution in [2.75, 3.05) is 6.61 Å². The number of nitrogens with one attached hydrogen (secondary N) is 1. The molecule has 0 bridgehead atoms. The lowest BCUT2D eigenvalue weighted by molar-refractivity contribution is -0.144. The monoisotopic (exact) mass is 494 g/mol. The van der Waals surface area contributed by atoms with Gasteiger partial charge >= 0.3 is 5.97 Å².